The van der Waals surface area contributed by atoms with Gasteiger partial charge in [0.1, 0.15) is 11.5 Å². The smallest absolute Gasteiger partial charge is 0.314 e. The number of allylic oxidation sites excluding steroid dienone is 2. The van der Waals surface area contributed by atoms with Gasteiger partial charge in [-0.15, -0.1) is 0 Å². The van der Waals surface area contributed by atoms with Crippen molar-refractivity contribution < 1.29 is 19.8 Å². The highest BCUT2D eigenvalue weighted by Crippen LogP contribution is 2.44. The van der Waals surface area contributed by atoms with Crippen LogP contribution >= 0.6 is 15.9 Å². The lowest BCUT2D eigenvalue weighted by atomic mass is 9.74. The molecule has 3 rings (SSSR count). The number of carbonyl (C=O) groups excluding carboxylic acids is 2. The molecule has 0 aromatic heterocycles. The lowest BCUT2D eigenvalue weighted by Gasteiger charge is -2.38. The molecule has 5 N–H and O–H groups in total. The molecule has 2 heterocycles. The van der Waals surface area contributed by atoms with E-state index in [1.165, 1.54) is 11.6 Å². The van der Waals surface area contributed by atoms with Gasteiger partial charge < -0.3 is 31.1 Å². The van der Waals surface area contributed by atoms with Crippen molar-refractivity contribution in [2.75, 3.05) is 33.2 Å². The van der Waals surface area contributed by atoms with E-state index in [0.29, 0.717) is 31.3 Å². The molecule has 0 radical (unpaired) electrons. The normalized spacial score (nSPS) is 17.9. The van der Waals surface area contributed by atoms with Gasteiger partial charge in [-0.05, 0) is 86.2 Å². The summed E-state index contributed by atoms with van der Waals surface area (Å²) in [6.45, 7) is 9.08. The highest BCUT2D eigenvalue weighted by atomic mass is 79.9. The zero-order chi connectivity index (χ0) is 29.7. The number of nitrogens with one attached hydrogen (secondary N) is 1. The molecule has 0 spiro atoms. The number of hydrogen-bond donors (Lipinski definition) is 4. The van der Waals surface area contributed by atoms with Crippen LogP contribution in [-0.4, -0.2) is 65.2 Å². The molecule has 1 atom stereocenters. The van der Waals surface area contributed by atoms with Crippen molar-refractivity contribution in [1.29, 1.82) is 0 Å². The second-order valence-corrected chi connectivity index (χ2v) is 11.5. The minimum Gasteiger partial charge on any atom is -0.508 e. The molecule has 0 saturated carbocycles. The summed E-state index contributed by atoms with van der Waals surface area (Å²) in [5.41, 5.74) is 8.64. The number of nitrogens with two attached hydrogens (primary N) is 1. The molecule has 3 amide bonds. The number of carbonyl (C=O) groups is 2. The number of phenols is 2. The van der Waals surface area contributed by atoms with E-state index in [4.69, 9.17) is 5.73 Å². The fourth-order valence-corrected chi connectivity index (χ4v) is 6.30. The fourth-order valence-electron chi connectivity index (χ4n) is 6.03. The van der Waals surface area contributed by atoms with Crippen molar-refractivity contribution in [1.82, 2.24) is 15.1 Å². The van der Waals surface area contributed by atoms with Gasteiger partial charge in [0, 0.05) is 57.5 Å². The largest absolute Gasteiger partial charge is 0.508 e. The first kappa shape index (κ1) is 33.5. The lowest BCUT2D eigenvalue weighted by Crippen LogP contribution is -2.44. The van der Waals surface area contributed by atoms with Crippen LogP contribution < -0.4 is 11.1 Å². The molecule has 1 aromatic carbocycles. The van der Waals surface area contributed by atoms with Crippen molar-refractivity contribution in [3.8, 4) is 11.5 Å². The SMILES string of the molecule is CC/C=C(/C)CC(c1c(O)cc(O)cc1CC)C1CCN(C(=O)CC2CCN(C(N)=O)CC2)CC1.CN/C=C/Br. The molecule has 8 nitrogen and oxygen atoms in total. The zero-order valence-electron chi connectivity index (χ0n) is 24.7. The number of primary amides is 1. The maximum Gasteiger partial charge on any atom is 0.314 e. The van der Waals surface area contributed by atoms with Crippen LogP contribution in [0.5, 0.6) is 11.5 Å². The average Bonchev–Trinajstić information content (AvgIpc) is 2.93. The Morgan fingerprint density at radius 2 is 1.73 bits per heavy atom. The number of rotatable bonds is 9. The highest BCUT2D eigenvalue weighted by Gasteiger charge is 2.33. The summed E-state index contributed by atoms with van der Waals surface area (Å²) >= 11 is 3.07. The Labute approximate surface area is 248 Å². The Kier molecular flexibility index (Phi) is 14.4. The monoisotopic (exact) mass is 620 g/mol. The molecule has 2 fully saturated rings. The van der Waals surface area contributed by atoms with Crippen molar-refractivity contribution >= 4 is 27.9 Å². The van der Waals surface area contributed by atoms with Gasteiger partial charge in [-0.2, -0.15) is 0 Å². The number of halogens is 1. The molecule has 0 bridgehead atoms. The van der Waals surface area contributed by atoms with Gasteiger partial charge in [0.05, 0.1) is 0 Å². The van der Waals surface area contributed by atoms with Crippen LogP contribution in [0.1, 0.15) is 82.8 Å². The summed E-state index contributed by atoms with van der Waals surface area (Å²) in [4.78, 5) is 29.8. The van der Waals surface area contributed by atoms with Crippen LogP contribution in [0, 0.1) is 11.8 Å². The second-order valence-electron chi connectivity index (χ2n) is 10.9. The van der Waals surface area contributed by atoms with E-state index in [0.717, 1.165) is 69.2 Å². The van der Waals surface area contributed by atoms with Crippen molar-refractivity contribution in [3.05, 3.63) is 46.1 Å². The Bertz CT molecular complexity index is 1010. The fraction of sp³-hybridized carbons (Fsp3) is 0.613. The molecular weight excluding hydrogens is 572 g/mol. The molecule has 2 aliphatic heterocycles. The van der Waals surface area contributed by atoms with Crippen LogP contribution in [-0.2, 0) is 11.2 Å². The number of phenolic OH excluding ortho intramolecular Hbond substituents is 2. The van der Waals surface area contributed by atoms with E-state index in [1.807, 2.05) is 11.9 Å². The summed E-state index contributed by atoms with van der Waals surface area (Å²) in [7, 11) is 1.84. The molecule has 224 valence electrons. The number of piperidine rings is 2. The summed E-state index contributed by atoms with van der Waals surface area (Å²) in [6.07, 6.45) is 10.6. The van der Waals surface area contributed by atoms with Gasteiger partial charge in [0.15, 0.2) is 0 Å². The standard InChI is InChI=1S/C28H43N3O4.C3H6BrN/c1-4-6-19(3)15-24(27-21(5-2)17-23(32)18-25(27)33)22-9-13-30(14-10-22)26(34)16-20-7-11-31(12-8-20)28(29)35;1-5-3-2-4/h6,17-18,20,22,24,32-33H,4-5,7-16H2,1-3H3,(H2,29,35);2-3,5H,1H3/b19-6-;3-2+. The Hall–Kier alpha value is -2.68. The number of likely N-dealkylation sites (tertiary alicyclic amines) is 2. The summed E-state index contributed by atoms with van der Waals surface area (Å²) in [5.74, 6) is 1.32. The van der Waals surface area contributed by atoms with Crippen LogP contribution in [0.3, 0.4) is 0 Å². The van der Waals surface area contributed by atoms with E-state index in [-0.39, 0.29) is 29.4 Å². The maximum absolute atomic E-state index is 13.0. The lowest BCUT2D eigenvalue weighted by molar-refractivity contribution is -0.134. The number of hydrogen-bond acceptors (Lipinski definition) is 5. The molecule has 2 aliphatic rings. The maximum atomic E-state index is 13.0. The van der Waals surface area contributed by atoms with Gasteiger partial charge in [-0.3, -0.25) is 4.79 Å². The van der Waals surface area contributed by atoms with Gasteiger partial charge in [-0.1, -0.05) is 41.4 Å². The number of aryl methyl sites for hydroxylation is 1. The number of nitrogens with zero attached hydrogens (tertiary/aromatic N) is 2. The molecule has 2 saturated heterocycles. The third kappa shape index (κ3) is 10.1. The van der Waals surface area contributed by atoms with Gasteiger partial charge >= 0.3 is 6.03 Å². The van der Waals surface area contributed by atoms with Crippen molar-refractivity contribution in [3.63, 3.8) is 0 Å². The van der Waals surface area contributed by atoms with Crippen LogP contribution in [0.25, 0.3) is 0 Å². The van der Waals surface area contributed by atoms with Crippen molar-refractivity contribution in [2.24, 2.45) is 17.6 Å². The van der Waals surface area contributed by atoms with E-state index < -0.39 is 0 Å². The highest BCUT2D eigenvalue weighted by molar-refractivity contribution is 9.11. The summed E-state index contributed by atoms with van der Waals surface area (Å²) < 4.78 is 0. The molecule has 0 aliphatic carbocycles. The van der Waals surface area contributed by atoms with Gasteiger partial charge in [-0.25, -0.2) is 4.79 Å². The van der Waals surface area contributed by atoms with E-state index in [9.17, 15) is 19.8 Å². The van der Waals surface area contributed by atoms with Gasteiger partial charge in [0.25, 0.3) is 0 Å². The van der Waals surface area contributed by atoms with Crippen LogP contribution in [0.4, 0.5) is 4.79 Å². The predicted octanol–water partition coefficient (Wildman–Crippen LogP) is 5.98. The van der Waals surface area contributed by atoms with E-state index >= 15 is 0 Å². The summed E-state index contributed by atoms with van der Waals surface area (Å²) in [5, 5.41) is 23.7. The zero-order valence-corrected chi connectivity index (χ0v) is 26.3. The van der Waals surface area contributed by atoms with Crippen molar-refractivity contribution in [2.45, 2.75) is 78.1 Å². The molecule has 1 unspecified atom stereocenters. The molecule has 40 heavy (non-hydrogen) atoms. The number of urea groups is 1. The molecular formula is C31H49BrN4O4. The van der Waals surface area contributed by atoms with Crippen LogP contribution in [0.2, 0.25) is 0 Å². The molecule has 1 aromatic rings. The third-order valence-corrected chi connectivity index (χ3v) is 8.42. The average molecular weight is 622 g/mol. The number of amides is 3. The summed E-state index contributed by atoms with van der Waals surface area (Å²) in [6, 6.07) is 2.87. The molecule has 9 heteroatoms. The second kappa shape index (κ2) is 17.2. The van der Waals surface area contributed by atoms with Gasteiger partial charge in [0.2, 0.25) is 5.91 Å². The first-order chi connectivity index (χ1) is 19.1. The van der Waals surface area contributed by atoms with Crippen LogP contribution in [0.15, 0.2) is 35.0 Å². The predicted molar refractivity (Wildman–Crippen MR) is 165 cm³/mol. The Morgan fingerprint density at radius 1 is 1.10 bits per heavy atom. The van der Waals surface area contributed by atoms with E-state index in [2.05, 4.69) is 48.1 Å². The first-order valence-corrected chi connectivity index (χ1v) is 15.5. The Morgan fingerprint density at radius 3 is 2.23 bits per heavy atom. The minimum atomic E-state index is -0.374. The number of aromatic hydroxyl groups is 2. The topological polar surface area (TPSA) is 119 Å². The Balaban J connectivity index is 0.00000103. The van der Waals surface area contributed by atoms with E-state index in [1.54, 1.807) is 22.2 Å². The third-order valence-electron chi connectivity index (χ3n) is 8.16. The number of benzene rings is 1. The minimum absolute atomic E-state index is 0.102. The quantitative estimate of drug-likeness (QED) is 0.253. The first-order valence-electron chi connectivity index (χ1n) is 14.6.